The number of nitrogens with zero attached hydrogens (tertiary/aromatic N) is 2. The Labute approximate surface area is 167 Å². The van der Waals surface area contributed by atoms with E-state index in [1.54, 1.807) is 36.2 Å². The molecule has 0 bridgehead atoms. The standard InChI is InChI=1S/C22H18FN3O3/c1-3-10-29-19-11-14(4-9-18(19)28-2)17-12-20(27)25-22-21(17)24-13-26(22)16-7-5-15(23)6-8-16/h1,4-9,11,13,17H,10,12H2,2H3,(H,25,27)/t17-/m1/s1. The molecule has 0 radical (unpaired) electrons. The van der Waals surface area contributed by atoms with Crippen LogP contribution in [0, 0.1) is 18.2 Å². The van der Waals surface area contributed by atoms with Crippen LogP contribution in [0.5, 0.6) is 11.5 Å². The molecule has 146 valence electrons. The van der Waals surface area contributed by atoms with E-state index in [1.807, 2.05) is 12.1 Å². The van der Waals surface area contributed by atoms with Crippen LogP contribution in [-0.2, 0) is 4.79 Å². The first-order chi connectivity index (χ1) is 14.1. The molecule has 2 heterocycles. The van der Waals surface area contributed by atoms with E-state index in [0.717, 1.165) is 11.3 Å². The number of halogens is 1. The van der Waals surface area contributed by atoms with Crippen molar-refractivity contribution in [1.29, 1.82) is 0 Å². The molecule has 2 aromatic carbocycles. The van der Waals surface area contributed by atoms with Gasteiger partial charge in [0.15, 0.2) is 11.5 Å². The van der Waals surface area contributed by atoms with Crippen molar-refractivity contribution in [2.24, 2.45) is 0 Å². The van der Waals surface area contributed by atoms with Crippen LogP contribution in [-0.4, -0.2) is 29.2 Å². The van der Waals surface area contributed by atoms with Gasteiger partial charge < -0.3 is 14.8 Å². The lowest BCUT2D eigenvalue weighted by atomic mass is 9.89. The van der Waals surface area contributed by atoms with Crippen LogP contribution in [0.25, 0.3) is 5.69 Å². The fourth-order valence-electron chi connectivity index (χ4n) is 3.42. The summed E-state index contributed by atoms with van der Waals surface area (Å²) >= 11 is 0. The Bertz CT molecular complexity index is 1100. The van der Waals surface area contributed by atoms with Gasteiger partial charge in [-0.1, -0.05) is 12.0 Å². The number of hydrogen-bond acceptors (Lipinski definition) is 4. The van der Waals surface area contributed by atoms with Gasteiger partial charge in [0.1, 0.15) is 24.6 Å². The maximum Gasteiger partial charge on any atom is 0.226 e. The lowest BCUT2D eigenvalue weighted by Gasteiger charge is -2.24. The summed E-state index contributed by atoms with van der Waals surface area (Å²) in [5, 5.41) is 2.88. The first-order valence-electron chi connectivity index (χ1n) is 8.98. The average molecular weight is 391 g/mol. The maximum absolute atomic E-state index is 13.3. The average Bonchev–Trinajstić information content (AvgIpc) is 3.15. The van der Waals surface area contributed by atoms with Gasteiger partial charge in [-0.2, -0.15) is 0 Å². The van der Waals surface area contributed by atoms with Gasteiger partial charge in [0.25, 0.3) is 0 Å². The molecule has 0 spiro atoms. The molecule has 1 atom stereocenters. The number of rotatable bonds is 5. The molecule has 7 heteroatoms. The van der Waals surface area contributed by atoms with Crippen molar-refractivity contribution in [2.75, 3.05) is 19.0 Å². The topological polar surface area (TPSA) is 65.4 Å². The number of imidazole rings is 1. The van der Waals surface area contributed by atoms with Gasteiger partial charge in [0.05, 0.1) is 12.8 Å². The summed E-state index contributed by atoms with van der Waals surface area (Å²) in [6.07, 6.45) is 7.16. The molecule has 0 saturated carbocycles. The second-order valence-corrected chi connectivity index (χ2v) is 6.53. The van der Waals surface area contributed by atoms with Crippen LogP contribution in [0.4, 0.5) is 10.2 Å². The molecule has 0 fully saturated rings. The van der Waals surface area contributed by atoms with Crippen molar-refractivity contribution in [3.63, 3.8) is 0 Å². The predicted octanol–water partition coefficient (Wildman–Crippen LogP) is 3.51. The quantitative estimate of drug-likeness (QED) is 0.676. The summed E-state index contributed by atoms with van der Waals surface area (Å²) in [4.78, 5) is 17.0. The zero-order chi connectivity index (χ0) is 20.4. The van der Waals surface area contributed by atoms with Gasteiger partial charge in [-0.15, -0.1) is 6.42 Å². The Morgan fingerprint density at radius 2 is 2.07 bits per heavy atom. The second-order valence-electron chi connectivity index (χ2n) is 6.53. The molecule has 1 N–H and O–H groups in total. The number of nitrogens with one attached hydrogen (secondary N) is 1. The summed E-state index contributed by atoms with van der Waals surface area (Å²) in [5.74, 6) is 3.34. The Hall–Kier alpha value is -3.79. The van der Waals surface area contributed by atoms with Gasteiger partial charge in [0.2, 0.25) is 5.91 Å². The van der Waals surface area contributed by atoms with Gasteiger partial charge in [-0.05, 0) is 42.0 Å². The smallest absolute Gasteiger partial charge is 0.226 e. The normalized spacial score (nSPS) is 15.2. The minimum Gasteiger partial charge on any atom is -0.493 e. The van der Waals surface area contributed by atoms with Crippen LogP contribution in [0.15, 0.2) is 48.8 Å². The number of amides is 1. The highest BCUT2D eigenvalue weighted by Gasteiger charge is 2.31. The third kappa shape index (κ3) is 3.52. The van der Waals surface area contributed by atoms with E-state index in [4.69, 9.17) is 15.9 Å². The zero-order valence-corrected chi connectivity index (χ0v) is 15.7. The number of carbonyl (C=O) groups is 1. The summed E-state index contributed by atoms with van der Waals surface area (Å²) in [7, 11) is 1.55. The number of anilines is 1. The van der Waals surface area contributed by atoms with Gasteiger partial charge >= 0.3 is 0 Å². The zero-order valence-electron chi connectivity index (χ0n) is 15.7. The molecule has 29 heavy (non-hydrogen) atoms. The Morgan fingerprint density at radius 3 is 2.79 bits per heavy atom. The Kier molecular flexibility index (Phi) is 4.92. The van der Waals surface area contributed by atoms with Gasteiger partial charge in [-0.25, -0.2) is 9.37 Å². The van der Waals surface area contributed by atoms with E-state index in [9.17, 15) is 9.18 Å². The fourth-order valence-corrected chi connectivity index (χ4v) is 3.42. The molecule has 3 aromatic rings. The molecular formula is C22H18FN3O3. The highest BCUT2D eigenvalue weighted by atomic mass is 19.1. The molecule has 1 aromatic heterocycles. The molecule has 4 rings (SSSR count). The molecule has 0 aliphatic carbocycles. The van der Waals surface area contributed by atoms with Crippen molar-refractivity contribution in [3.8, 4) is 29.5 Å². The van der Waals surface area contributed by atoms with E-state index in [0.29, 0.717) is 23.0 Å². The fraction of sp³-hybridized carbons (Fsp3) is 0.182. The van der Waals surface area contributed by atoms with Crippen molar-refractivity contribution in [1.82, 2.24) is 9.55 Å². The number of aromatic nitrogens is 2. The molecule has 1 amide bonds. The Balaban J connectivity index is 1.75. The van der Waals surface area contributed by atoms with E-state index in [2.05, 4.69) is 16.2 Å². The summed E-state index contributed by atoms with van der Waals surface area (Å²) < 4.78 is 25.9. The molecule has 0 unspecified atom stereocenters. The first-order valence-corrected chi connectivity index (χ1v) is 8.98. The van der Waals surface area contributed by atoms with E-state index in [1.165, 1.54) is 12.1 Å². The molecule has 0 saturated heterocycles. The number of benzene rings is 2. The molecule has 6 nitrogen and oxygen atoms in total. The van der Waals surface area contributed by atoms with Crippen molar-refractivity contribution < 1.29 is 18.7 Å². The molecule has 1 aliphatic rings. The van der Waals surface area contributed by atoms with Crippen LogP contribution in [0.1, 0.15) is 23.6 Å². The minimum absolute atomic E-state index is 0.107. The highest BCUT2D eigenvalue weighted by molar-refractivity contribution is 5.94. The van der Waals surface area contributed by atoms with E-state index >= 15 is 0 Å². The van der Waals surface area contributed by atoms with Crippen molar-refractivity contribution >= 4 is 11.7 Å². The summed E-state index contributed by atoms with van der Waals surface area (Å²) in [5.41, 5.74) is 2.29. The number of terminal acetylenes is 1. The van der Waals surface area contributed by atoms with Crippen LogP contribution < -0.4 is 14.8 Å². The summed E-state index contributed by atoms with van der Waals surface area (Å²) in [6.45, 7) is 0.107. The van der Waals surface area contributed by atoms with E-state index in [-0.39, 0.29) is 30.7 Å². The van der Waals surface area contributed by atoms with Crippen molar-refractivity contribution in [3.05, 3.63) is 65.9 Å². The van der Waals surface area contributed by atoms with Crippen molar-refractivity contribution in [2.45, 2.75) is 12.3 Å². The number of ether oxygens (including phenoxy) is 2. The Morgan fingerprint density at radius 1 is 1.28 bits per heavy atom. The number of hydrogen-bond donors (Lipinski definition) is 1. The third-order valence-corrected chi connectivity index (χ3v) is 4.78. The predicted molar refractivity (Wildman–Crippen MR) is 106 cm³/mol. The highest BCUT2D eigenvalue weighted by Crippen LogP contribution is 2.40. The minimum atomic E-state index is -0.331. The van der Waals surface area contributed by atoms with Crippen LogP contribution in [0.3, 0.4) is 0 Å². The third-order valence-electron chi connectivity index (χ3n) is 4.78. The number of methoxy groups -OCH3 is 1. The molecular weight excluding hydrogens is 373 g/mol. The van der Waals surface area contributed by atoms with Crippen LogP contribution >= 0.6 is 0 Å². The largest absolute Gasteiger partial charge is 0.493 e. The number of carbonyl (C=O) groups excluding carboxylic acids is 1. The lowest BCUT2D eigenvalue weighted by Crippen LogP contribution is -2.25. The summed E-state index contributed by atoms with van der Waals surface area (Å²) in [6, 6.07) is 11.5. The monoisotopic (exact) mass is 391 g/mol. The van der Waals surface area contributed by atoms with Crippen LogP contribution in [0.2, 0.25) is 0 Å². The maximum atomic E-state index is 13.3. The SMILES string of the molecule is C#CCOc1cc([C@H]2CC(=O)Nc3c2ncn3-c2ccc(F)cc2)ccc1OC. The first kappa shape index (κ1) is 18.6. The van der Waals surface area contributed by atoms with Gasteiger partial charge in [-0.3, -0.25) is 9.36 Å². The number of fused-ring (bicyclic) bond motifs is 1. The molecule has 1 aliphatic heterocycles. The van der Waals surface area contributed by atoms with E-state index < -0.39 is 0 Å². The second kappa shape index (κ2) is 7.68. The lowest BCUT2D eigenvalue weighted by molar-refractivity contribution is -0.116. The van der Waals surface area contributed by atoms with Gasteiger partial charge in [0, 0.05) is 18.0 Å².